The molecule has 2 N–H and O–H groups in total. The van der Waals surface area contributed by atoms with Crippen LogP contribution in [0, 0.1) is 0 Å². The zero-order valence-corrected chi connectivity index (χ0v) is 20.2. The van der Waals surface area contributed by atoms with E-state index in [2.05, 4.69) is 51.8 Å². The van der Waals surface area contributed by atoms with Crippen LogP contribution in [-0.4, -0.2) is 48.0 Å². The number of benzene rings is 1. The molecule has 0 atom stereocenters. The van der Waals surface area contributed by atoms with Crippen LogP contribution in [-0.2, 0) is 10.2 Å². The predicted molar refractivity (Wildman–Crippen MR) is 127 cm³/mol. The fraction of sp³-hybridized carbons (Fsp3) is 0.263. The van der Waals surface area contributed by atoms with E-state index in [4.69, 9.17) is 19.1 Å². The lowest BCUT2D eigenvalue weighted by Crippen LogP contribution is -2.31. The van der Waals surface area contributed by atoms with Crippen molar-refractivity contribution in [3.63, 3.8) is 0 Å². The fourth-order valence-electron chi connectivity index (χ4n) is 2.17. The highest BCUT2D eigenvalue weighted by molar-refractivity contribution is 9.10. The van der Waals surface area contributed by atoms with E-state index in [1.54, 1.807) is 12.1 Å². The van der Waals surface area contributed by atoms with Gasteiger partial charge in [0.05, 0.1) is 15.5 Å². The van der Waals surface area contributed by atoms with E-state index in [1.165, 1.54) is 31.5 Å². The van der Waals surface area contributed by atoms with Gasteiger partial charge in [0, 0.05) is 26.1 Å². The fourth-order valence-corrected chi connectivity index (χ4v) is 3.42. The molecule has 0 bridgehead atoms. The number of rotatable bonds is 11. The Morgan fingerprint density at radius 2 is 1.72 bits per heavy atom. The SMILES string of the molecule is [2H]c1nc(NS(=O)(=O)NC([2H])([2H])CC)c(-c2ccc(Br)cc2)c(OC([2H])([2H])C([2H])([2H])Oc2ncc(Br)cn2)n1. The highest BCUT2D eigenvalue weighted by atomic mass is 79.9. The molecule has 0 saturated heterocycles. The van der Waals surface area contributed by atoms with Gasteiger partial charge in [0.1, 0.15) is 20.8 Å². The molecule has 13 heteroatoms. The molecule has 0 aliphatic carbocycles. The number of nitrogens with zero attached hydrogens (tertiary/aromatic N) is 4. The van der Waals surface area contributed by atoms with E-state index in [1.807, 2.05) is 9.44 Å². The molecule has 3 rings (SSSR count). The van der Waals surface area contributed by atoms with Crippen LogP contribution in [0.3, 0.4) is 0 Å². The maximum atomic E-state index is 12.7. The minimum Gasteiger partial charge on any atom is -0.473 e. The number of hydrogen-bond acceptors (Lipinski definition) is 8. The molecule has 2 heterocycles. The van der Waals surface area contributed by atoms with Gasteiger partial charge in [0.15, 0.2) is 5.82 Å². The zero-order chi connectivity index (χ0) is 29.2. The standard InChI is InChI=1S/C19H20Br2N6O4S/c1-2-7-26-32(28,29)27-17-16(13-3-5-14(20)6-4-13)18(25-12-24-17)30-8-9-31-19-22-10-15(21)11-23-19/h3-6,10-12,26H,2,7-9H2,1H3,(H,24,25,27)/i7D2,8D2,9D2,12D. The molecule has 0 radical (unpaired) electrons. The molecule has 3 aromatic rings. The van der Waals surface area contributed by atoms with Crippen molar-refractivity contribution in [2.24, 2.45) is 0 Å². The summed E-state index contributed by atoms with van der Waals surface area (Å²) in [5, 5.41) is 0. The van der Waals surface area contributed by atoms with Gasteiger partial charge in [-0.25, -0.2) is 19.9 Å². The molecular weight excluding hydrogens is 568 g/mol. The van der Waals surface area contributed by atoms with Gasteiger partial charge in [-0.3, -0.25) is 4.72 Å². The number of ether oxygens (including phenoxy) is 2. The molecule has 0 saturated carbocycles. The van der Waals surface area contributed by atoms with Crippen molar-refractivity contribution in [2.45, 2.75) is 13.3 Å². The van der Waals surface area contributed by atoms with Gasteiger partial charge < -0.3 is 9.47 Å². The van der Waals surface area contributed by atoms with Crippen molar-refractivity contribution in [3.8, 4) is 23.0 Å². The highest BCUT2D eigenvalue weighted by Gasteiger charge is 2.19. The van der Waals surface area contributed by atoms with E-state index < -0.39 is 53.8 Å². The van der Waals surface area contributed by atoms with Crippen LogP contribution in [0.2, 0.25) is 0 Å². The van der Waals surface area contributed by atoms with Crippen molar-refractivity contribution >= 4 is 47.9 Å². The van der Waals surface area contributed by atoms with Crippen LogP contribution in [0.1, 0.15) is 22.9 Å². The van der Waals surface area contributed by atoms with Gasteiger partial charge in [-0.05, 0) is 40.0 Å². The van der Waals surface area contributed by atoms with Crippen LogP contribution < -0.4 is 18.9 Å². The van der Waals surface area contributed by atoms with E-state index in [-0.39, 0.29) is 17.5 Å². The molecule has 0 aliphatic rings. The van der Waals surface area contributed by atoms with E-state index in [0.717, 1.165) is 0 Å². The first-order valence-corrected chi connectivity index (χ1v) is 11.8. The smallest absolute Gasteiger partial charge is 0.316 e. The summed E-state index contributed by atoms with van der Waals surface area (Å²) in [6, 6.07) is 5.60. The highest BCUT2D eigenvalue weighted by Crippen LogP contribution is 2.34. The van der Waals surface area contributed by atoms with Crippen LogP contribution in [0.4, 0.5) is 5.82 Å². The molecule has 0 unspecified atom stereocenters. The Labute approximate surface area is 212 Å². The van der Waals surface area contributed by atoms with E-state index in [0.29, 0.717) is 8.95 Å². The van der Waals surface area contributed by atoms with Gasteiger partial charge in [-0.2, -0.15) is 13.1 Å². The van der Waals surface area contributed by atoms with Crippen molar-refractivity contribution in [3.05, 3.63) is 51.9 Å². The summed E-state index contributed by atoms with van der Waals surface area (Å²) >= 11 is 6.39. The first-order valence-electron chi connectivity index (χ1n) is 12.3. The zero-order valence-electron chi connectivity index (χ0n) is 23.3. The monoisotopic (exact) mass is 593 g/mol. The summed E-state index contributed by atoms with van der Waals surface area (Å²) in [5.74, 6) is -1.26. The second-order valence-electron chi connectivity index (χ2n) is 5.69. The van der Waals surface area contributed by atoms with Crippen LogP contribution >= 0.6 is 31.9 Å². The number of nitrogens with one attached hydrogen (secondary N) is 2. The normalized spacial score (nSPS) is 15.8. The van der Waals surface area contributed by atoms with Crippen LogP contribution in [0.5, 0.6) is 11.9 Å². The Hall–Kier alpha value is -2.35. The summed E-state index contributed by atoms with van der Waals surface area (Å²) < 4.78 is 96.9. The van der Waals surface area contributed by atoms with Crippen LogP contribution in [0.15, 0.2) is 51.9 Å². The van der Waals surface area contributed by atoms with Crippen molar-refractivity contribution in [1.29, 1.82) is 0 Å². The Morgan fingerprint density at radius 3 is 2.41 bits per heavy atom. The van der Waals surface area contributed by atoms with E-state index in [9.17, 15) is 8.42 Å². The largest absolute Gasteiger partial charge is 0.473 e. The summed E-state index contributed by atoms with van der Waals surface area (Å²) in [5.41, 5.74) is -0.0709. The summed E-state index contributed by atoms with van der Waals surface area (Å²) in [7, 11) is -4.62. The molecule has 10 nitrogen and oxygen atoms in total. The van der Waals surface area contributed by atoms with Crippen LogP contribution in [0.25, 0.3) is 11.1 Å². The second kappa shape index (κ2) is 11.5. The quantitative estimate of drug-likeness (QED) is 0.345. The third kappa shape index (κ3) is 7.08. The van der Waals surface area contributed by atoms with Crippen molar-refractivity contribution in [1.82, 2.24) is 24.7 Å². The first-order chi connectivity index (χ1) is 17.9. The molecule has 0 amide bonds. The molecule has 170 valence electrons. The maximum absolute atomic E-state index is 12.7. The van der Waals surface area contributed by atoms with Gasteiger partial charge in [0.2, 0.25) is 5.88 Å². The Morgan fingerprint density at radius 1 is 1.03 bits per heavy atom. The van der Waals surface area contributed by atoms with Gasteiger partial charge in [-0.15, -0.1) is 0 Å². The number of aromatic nitrogens is 4. The topological polar surface area (TPSA) is 128 Å². The predicted octanol–water partition coefficient (Wildman–Crippen LogP) is 3.57. The average Bonchev–Trinajstić information content (AvgIpc) is 2.80. The first kappa shape index (κ1) is 16.3. The summed E-state index contributed by atoms with van der Waals surface area (Å²) in [6.45, 7) is -7.42. The Kier molecular flexibility index (Phi) is 5.85. The lowest BCUT2D eigenvalue weighted by Gasteiger charge is -2.15. The summed E-state index contributed by atoms with van der Waals surface area (Å²) in [4.78, 5) is 15.0. The Bertz CT molecular complexity index is 1440. The number of halogens is 2. The molecule has 0 fully saturated rings. The lowest BCUT2D eigenvalue weighted by atomic mass is 10.1. The van der Waals surface area contributed by atoms with Gasteiger partial charge in [-0.1, -0.05) is 35.0 Å². The molecule has 32 heavy (non-hydrogen) atoms. The third-order valence-electron chi connectivity index (χ3n) is 3.44. The van der Waals surface area contributed by atoms with Crippen molar-refractivity contribution < 1.29 is 27.5 Å². The molecule has 1 aromatic carbocycles. The maximum Gasteiger partial charge on any atom is 0.316 e. The molecule has 0 spiro atoms. The third-order valence-corrected chi connectivity index (χ3v) is 5.25. The lowest BCUT2D eigenvalue weighted by molar-refractivity contribution is 0.202. The molecule has 2 aromatic heterocycles. The van der Waals surface area contributed by atoms with Gasteiger partial charge >= 0.3 is 6.01 Å². The Balaban J connectivity index is 2.09. The molecule has 0 aliphatic heterocycles. The average molecular weight is 595 g/mol. The number of anilines is 1. The van der Waals surface area contributed by atoms with E-state index >= 15 is 0 Å². The van der Waals surface area contributed by atoms with Gasteiger partial charge in [0.25, 0.3) is 10.2 Å². The molecular formula is C19H20Br2N6O4S. The minimum atomic E-state index is -4.62. The summed E-state index contributed by atoms with van der Waals surface area (Å²) in [6.07, 6.45) is 1.50. The number of hydrogen-bond donors (Lipinski definition) is 2. The second-order valence-corrected chi connectivity index (χ2v) is 8.94. The minimum absolute atomic E-state index is 0.193. The van der Waals surface area contributed by atoms with Crippen molar-refractivity contribution in [2.75, 3.05) is 24.3 Å².